The SMILES string of the molecule is O=C(COCc1nc2ccc(F)cc2[nH]1)N1CCN2C(COCC2C2CC2)C1. The van der Waals surface area contributed by atoms with E-state index in [1.54, 1.807) is 6.07 Å². The molecule has 1 aromatic heterocycles. The summed E-state index contributed by atoms with van der Waals surface area (Å²) < 4.78 is 24.6. The predicted octanol–water partition coefficient (Wildman–Crippen LogP) is 1.54. The molecule has 1 amide bonds. The van der Waals surface area contributed by atoms with Gasteiger partial charge in [-0.25, -0.2) is 9.37 Å². The van der Waals surface area contributed by atoms with Gasteiger partial charge < -0.3 is 19.4 Å². The second kappa shape index (κ2) is 7.42. The lowest BCUT2D eigenvalue weighted by Gasteiger charge is -2.48. The van der Waals surface area contributed by atoms with Gasteiger partial charge in [-0.15, -0.1) is 0 Å². The van der Waals surface area contributed by atoms with Crippen molar-refractivity contribution in [1.82, 2.24) is 19.8 Å². The normalized spacial score (nSPS) is 25.8. The van der Waals surface area contributed by atoms with Crippen LogP contribution in [0.2, 0.25) is 0 Å². The molecule has 2 unspecified atom stereocenters. The van der Waals surface area contributed by atoms with Crippen molar-refractivity contribution in [2.75, 3.05) is 39.5 Å². The van der Waals surface area contributed by atoms with Crippen LogP contribution in [-0.2, 0) is 20.9 Å². The highest BCUT2D eigenvalue weighted by Gasteiger charge is 2.43. The first-order valence-electron chi connectivity index (χ1n) is 10.0. The van der Waals surface area contributed by atoms with Gasteiger partial charge in [0.15, 0.2) is 0 Å². The van der Waals surface area contributed by atoms with Crippen molar-refractivity contribution in [2.24, 2.45) is 5.92 Å². The van der Waals surface area contributed by atoms with Crippen molar-refractivity contribution in [3.05, 3.63) is 29.8 Å². The van der Waals surface area contributed by atoms with Crippen LogP contribution in [0.15, 0.2) is 18.2 Å². The topological polar surface area (TPSA) is 70.7 Å². The number of morpholine rings is 1. The molecule has 1 aromatic carbocycles. The molecule has 1 aliphatic carbocycles. The van der Waals surface area contributed by atoms with E-state index >= 15 is 0 Å². The molecule has 1 saturated carbocycles. The third-order valence-corrected chi connectivity index (χ3v) is 6.03. The van der Waals surface area contributed by atoms with Gasteiger partial charge in [-0.05, 0) is 37.0 Å². The van der Waals surface area contributed by atoms with E-state index in [1.807, 2.05) is 4.90 Å². The van der Waals surface area contributed by atoms with Crippen molar-refractivity contribution in [2.45, 2.75) is 31.5 Å². The number of nitrogens with one attached hydrogen (secondary N) is 1. The van der Waals surface area contributed by atoms with Crippen molar-refractivity contribution in [3.63, 3.8) is 0 Å². The summed E-state index contributed by atoms with van der Waals surface area (Å²) in [7, 11) is 0. The van der Waals surface area contributed by atoms with Gasteiger partial charge in [-0.3, -0.25) is 9.69 Å². The summed E-state index contributed by atoms with van der Waals surface area (Å²) in [5.74, 6) is 1.06. The molecule has 3 aliphatic rings. The predicted molar refractivity (Wildman–Crippen MR) is 100 cm³/mol. The van der Waals surface area contributed by atoms with Crippen LogP contribution in [0.5, 0.6) is 0 Å². The fraction of sp³-hybridized carbons (Fsp3) is 0.600. The fourth-order valence-corrected chi connectivity index (χ4v) is 4.42. The first-order valence-corrected chi connectivity index (χ1v) is 10.0. The van der Waals surface area contributed by atoms with E-state index in [0.717, 1.165) is 25.6 Å². The van der Waals surface area contributed by atoms with E-state index in [2.05, 4.69) is 14.9 Å². The Kier molecular flexibility index (Phi) is 4.78. The van der Waals surface area contributed by atoms with E-state index in [4.69, 9.17) is 9.47 Å². The Bertz CT molecular complexity index is 868. The van der Waals surface area contributed by atoms with E-state index in [1.165, 1.54) is 25.0 Å². The molecule has 2 aromatic rings. The number of imidazole rings is 1. The van der Waals surface area contributed by atoms with Crippen molar-refractivity contribution < 1.29 is 18.7 Å². The number of halogens is 1. The number of hydrogen-bond acceptors (Lipinski definition) is 5. The number of ether oxygens (including phenoxy) is 2. The Balaban J connectivity index is 1.13. The Labute approximate surface area is 162 Å². The Morgan fingerprint density at radius 3 is 3.07 bits per heavy atom. The van der Waals surface area contributed by atoms with Crippen molar-refractivity contribution in [3.8, 4) is 0 Å². The van der Waals surface area contributed by atoms with Gasteiger partial charge in [0.2, 0.25) is 5.91 Å². The third-order valence-electron chi connectivity index (χ3n) is 6.03. The van der Waals surface area contributed by atoms with Gasteiger partial charge in [0.1, 0.15) is 24.9 Å². The minimum absolute atomic E-state index is 0.00430. The van der Waals surface area contributed by atoms with Gasteiger partial charge in [0.25, 0.3) is 0 Å². The summed E-state index contributed by atoms with van der Waals surface area (Å²) in [6, 6.07) is 5.22. The highest BCUT2D eigenvalue weighted by atomic mass is 19.1. The number of amides is 1. The maximum Gasteiger partial charge on any atom is 0.248 e. The number of rotatable bonds is 5. The number of carbonyl (C=O) groups excluding carboxylic acids is 1. The third kappa shape index (κ3) is 3.64. The van der Waals surface area contributed by atoms with Crippen molar-refractivity contribution in [1.29, 1.82) is 0 Å². The number of aromatic nitrogens is 2. The van der Waals surface area contributed by atoms with Crippen LogP contribution in [0.3, 0.4) is 0 Å². The molecular weight excluding hydrogens is 363 g/mol. The van der Waals surface area contributed by atoms with Gasteiger partial charge in [-0.1, -0.05) is 0 Å². The molecule has 0 radical (unpaired) electrons. The lowest BCUT2D eigenvalue weighted by atomic mass is 10.0. The molecule has 8 heteroatoms. The number of hydrogen-bond donors (Lipinski definition) is 1. The van der Waals surface area contributed by atoms with Gasteiger partial charge in [0, 0.05) is 25.7 Å². The molecule has 28 heavy (non-hydrogen) atoms. The molecule has 0 bridgehead atoms. The molecule has 2 atom stereocenters. The zero-order valence-corrected chi connectivity index (χ0v) is 15.8. The molecule has 0 spiro atoms. The first kappa shape index (κ1) is 18.0. The van der Waals surface area contributed by atoms with Crippen LogP contribution in [0.1, 0.15) is 18.7 Å². The standard InChI is InChI=1S/C20H25FN4O3/c21-14-3-4-16-17(7-14)23-19(22-16)11-28-12-20(26)24-5-6-25-15(8-24)9-27-10-18(25)13-1-2-13/h3-4,7,13,15,18H,1-2,5-6,8-12H2,(H,22,23). The maximum atomic E-state index is 13.3. The molecule has 5 rings (SSSR count). The van der Waals surface area contributed by atoms with E-state index in [-0.39, 0.29) is 24.9 Å². The Hall–Kier alpha value is -2.03. The maximum absolute atomic E-state index is 13.3. The molecular formula is C20H25FN4O3. The number of H-pyrrole nitrogens is 1. The molecule has 3 heterocycles. The van der Waals surface area contributed by atoms with E-state index in [9.17, 15) is 9.18 Å². The summed E-state index contributed by atoms with van der Waals surface area (Å²) in [5.41, 5.74) is 1.31. The lowest BCUT2D eigenvalue weighted by molar-refractivity contribution is -0.145. The number of fused-ring (bicyclic) bond motifs is 2. The summed E-state index contributed by atoms with van der Waals surface area (Å²) >= 11 is 0. The lowest BCUT2D eigenvalue weighted by Crippen LogP contribution is -2.63. The van der Waals surface area contributed by atoms with Gasteiger partial charge in [-0.2, -0.15) is 0 Å². The minimum atomic E-state index is -0.312. The quantitative estimate of drug-likeness (QED) is 0.841. The second-order valence-electron chi connectivity index (χ2n) is 8.01. The Morgan fingerprint density at radius 2 is 2.21 bits per heavy atom. The van der Waals surface area contributed by atoms with Gasteiger partial charge >= 0.3 is 0 Å². The summed E-state index contributed by atoms with van der Waals surface area (Å²) in [4.78, 5) is 24.4. The first-order chi connectivity index (χ1) is 13.7. The van der Waals surface area contributed by atoms with Crippen LogP contribution in [0.4, 0.5) is 4.39 Å². The largest absolute Gasteiger partial charge is 0.378 e. The molecule has 3 fully saturated rings. The highest BCUT2D eigenvalue weighted by Crippen LogP contribution is 2.38. The fourth-order valence-electron chi connectivity index (χ4n) is 4.42. The molecule has 2 saturated heterocycles. The van der Waals surface area contributed by atoms with Crippen LogP contribution in [-0.4, -0.2) is 77.2 Å². The summed E-state index contributed by atoms with van der Waals surface area (Å²) in [6.07, 6.45) is 2.62. The van der Waals surface area contributed by atoms with Crippen molar-refractivity contribution >= 4 is 16.9 Å². The molecule has 2 aliphatic heterocycles. The van der Waals surface area contributed by atoms with E-state index in [0.29, 0.717) is 42.1 Å². The van der Waals surface area contributed by atoms with Crippen LogP contribution < -0.4 is 0 Å². The smallest absolute Gasteiger partial charge is 0.248 e. The zero-order valence-electron chi connectivity index (χ0n) is 15.8. The zero-order chi connectivity index (χ0) is 19.1. The average molecular weight is 388 g/mol. The second-order valence-corrected chi connectivity index (χ2v) is 8.01. The Morgan fingerprint density at radius 1 is 1.32 bits per heavy atom. The number of benzene rings is 1. The highest BCUT2D eigenvalue weighted by molar-refractivity contribution is 5.77. The van der Waals surface area contributed by atoms with Crippen LogP contribution in [0, 0.1) is 11.7 Å². The number of nitrogens with zero attached hydrogens (tertiary/aromatic N) is 3. The number of carbonyl (C=O) groups is 1. The summed E-state index contributed by atoms with van der Waals surface area (Å²) in [6.45, 7) is 4.10. The average Bonchev–Trinajstić information content (AvgIpc) is 3.47. The van der Waals surface area contributed by atoms with Crippen LogP contribution in [0.25, 0.3) is 11.0 Å². The number of aromatic amines is 1. The molecule has 1 N–H and O–H groups in total. The number of piperazine rings is 1. The summed E-state index contributed by atoms with van der Waals surface area (Å²) in [5, 5.41) is 0. The van der Waals surface area contributed by atoms with E-state index < -0.39 is 0 Å². The minimum Gasteiger partial charge on any atom is -0.378 e. The monoisotopic (exact) mass is 388 g/mol. The van der Waals surface area contributed by atoms with Crippen LogP contribution >= 0.6 is 0 Å². The molecule has 7 nitrogen and oxygen atoms in total. The van der Waals surface area contributed by atoms with Gasteiger partial charge in [0.05, 0.1) is 30.3 Å². The molecule has 150 valence electrons.